The summed E-state index contributed by atoms with van der Waals surface area (Å²) in [7, 11) is 0. The lowest BCUT2D eigenvalue weighted by atomic mass is 9.80. The van der Waals surface area contributed by atoms with Gasteiger partial charge in [0.25, 0.3) is 0 Å². The summed E-state index contributed by atoms with van der Waals surface area (Å²) in [6, 6.07) is 3.51. The van der Waals surface area contributed by atoms with Gasteiger partial charge in [-0.15, -0.1) is 5.10 Å². The minimum atomic E-state index is 0.163. The summed E-state index contributed by atoms with van der Waals surface area (Å²) in [5.74, 6) is 0.608. The van der Waals surface area contributed by atoms with Gasteiger partial charge in [0.2, 0.25) is 5.91 Å². The van der Waals surface area contributed by atoms with Gasteiger partial charge in [-0.2, -0.15) is 5.10 Å². The van der Waals surface area contributed by atoms with Crippen LogP contribution >= 0.6 is 11.6 Å². The van der Waals surface area contributed by atoms with Crippen molar-refractivity contribution in [2.45, 2.75) is 33.7 Å². The van der Waals surface area contributed by atoms with Crippen molar-refractivity contribution in [3.63, 3.8) is 0 Å². The van der Waals surface area contributed by atoms with Gasteiger partial charge in [-0.25, -0.2) is 0 Å². The van der Waals surface area contributed by atoms with Crippen LogP contribution in [0.1, 0.15) is 32.9 Å². The van der Waals surface area contributed by atoms with E-state index in [1.807, 2.05) is 11.0 Å². The van der Waals surface area contributed by atoms with Crippen molar-refractivity contribution < 1.29 is 4.79 Å². The number of rotatable bonds is 2. The third-order valence-electron chi connectivity index (χ3n) is 3.48. The third kappa shape index (κ3) is 2.99. The van der Waals surface area contributed by atoms with E-state index in [4.69, 9.17) is 11.6 Å². The Kier molecular flexibility index (Phi) is 3.57. The zero-order valence-electron chi connectivity index (χ0n) is 11.0. The molecule has 1 aromatic rings. The molecule has 4 nitrogen and oxygen atoms in total. The Morgan fingerprint density at radius 2 is 2.11 bits per heavy atom. The fourth-order valence-corrected chi connectivity index (χ4v) is 2.23. The van der Waals surface area contributed by atoms with Crippen LogP contribution in [0.25, 0.3) is 0 Å². The van der Waals surface area contributed by atoms with Crippen molar-refractivity contribution in [1.29, 1.82) is 0 Å². The third-order valence-corrected chi connectivity index (χ3v) is 3.68. The lowest BCUT2D eigenvalue weighted by Gasteiger charge is -2.26. The second-order valence-electron chi connectivity index (χ2n) is 5.89. The van der Waals surface area contributed by atoms with E-state index < -0.39 is 0 Å². The van der Waals surface area contributed by atoms with E-state index in [-0.39, 0.29) is 11.3 Å². The summed E-state index contributed by atoms with van der Waals surface area (Å²) in [4.78, 5) is 13.8. The zero-order valence-corrected chi connectivity index (χ0v) is 11.7. The Morgan fingerprint density at radius 1 is 1.39 bits per heavy atom. The number of nitrogens with zero attached hydrogens (tertiary/aromatic N) is 3. The van der Waals surface area contributed by atoms with Crippen molar-refractivity contribution in [2.24, 2.45) is 11.3 Å². The van der Waals surface area contributed by atoms with Gasteiger partial charge >= 0.3 is 0 Å². The first-order chi connectivity index (χ1) is 8.36. The molecule has 0 bridgehead atoms. The fourth-order valence-electron chi connectivity index (χ4n) is 2.13. The molecule has 0 aliphatic carbocycles. The number of carbonyl (C=O) groups excluding carboxylic acids is 1. The molecule has 0 saturated carbocycles. The number of aromatic nitrogens is 2. The molecule has 18 heavy (non-hydrogen) atoms. The standard InChI is InChI=1S/C13H18ClN3O/c1-13(2,3)9-6-12(18)17(7-9)8-10-4-5-11(14)16-15-10/h4-5,9H,6-8H2,1-3H3. The van der Waals surface area contributed by atoms with Crippen molar-refractivity contribution in [1.82, 2.24) is 15.1 Å². The monoisotopic (exact) mass is 267 g/mol. The molecule has 0 N–H and O–H groups in total. The van der Waals surface area contributed by atoms with Crippen LogP contribution in [-0.2, 0) is 11.3 Å². The lowest BCUT2D eigenvalue weighted by molar-refractivity contribution is -0.128. The number of hydrogen-bond acceptors (Lipinski definition) is 3. The molecule has 1 aliphatic rings. The first kappa shape index (κ1) is 13.3. The summed E-state index contributed by atoms with van der Waals surface area (Å²) < 4.78 is 0. The van der Waals surface area contributed by atoms with E-state index in [1.54, 1.807) is 6.07 Å². The van der Waals surface area contributed by atoms with E-state index >= 15 is 0 Å². The van der Waals surface area contributed by atoms with Crippen LogP contribution in [0.15, 0.2) is 12.1 Å². The topological polar surface area (TPSA) is 46.1 Å². The Hall–Kier alpha value is -1.16. The summed E-state index contributed by atoms with van der Waals surface area (Å²) in [5, 5.41) is 8.15. The smallest absolute Gasteiger partial charge is 0.223 e. The Balaban J connectivity index is 2.03. The maximum atomic E-state index is 12.0. The molecule has 1 saturated heterocycles. The van der Waals surface area contributed by atoms with Crippen LogP contribution < -0.4 is 0 Å². The lowest BCUT2D eigenvalue weighted by Crippen LogP contribution is -2.27. The SMILES string of the molecule is CC(C)(C)C1CC(=O)N(Cc2ccc(Cl)nn2)C1. The predicted octanol–water partition coefficient (Wildman–Crippen LogP) is 2.52. The molecule has 0 spiro atoms. The summed E-state index contributed by atoms with van der Waals surface area (Å²) in [6.45, 7) is 7.85. The van der Waals surface area contributed by atoms with Crippen LogP contribution in [0.4, 0.5) is 0 Å². The molecule has 5 heteroatoms. The average molecular weight is 268 g/mol. The molecular formula is C13H18ClN3O. The molecule has 98 valence electrons. The molecule has 1 atom stereocenters. The minimum Gasteiger partial charge on any atom is -0.336 e. The highest BCUT2D eigenvalue weighted by Crippen LogP contribution is 2.34. The Bertz CT molecular complexity index is 439. The largest absolute Gasteiger partial charge is 0.336 e. The molecule has 1 fully saturated rings. The van der Waals surface area contributed by atoms with Gasteiger partial charge in [-0.3, -0.25) is 4.79 Å². The molecule has 0 aromatic carbocycles. The Labute approximate surface area is 112 Å². The van der Waals surface area contributed by atoms with Crippen LogP contribution in [-0.4, -0.2) is 27.5 Å². The molecule has 1 aliphatic heterocycles. The van der Waals surface area contributed by atoms with Gasteiger partial charge in [-0.05, 0) is 23.5 Å². The summed E-state index contributed by atoms with van der Waals surface area (Å²) in [6.07, 6.45) is 0.629. The summed E-state index contributed by atoms with van der Waals surface area (Å²) >= 11 is 5.69. The van der Waals surface area contributed by atoms with Crippen molar-refractivity contribution in [3.8, 4) is 0 Å². The molecule has 2 heterocycles. The second kappa shape index (κ2) is 4.84. The molecule has 1 unspecified atom stereocenters. The van der Waals surface area contributed by atoms with Crippen molar-refractivity contribution in [3.05, 3.63) is 23.0 Å². The minimum absolute atomic E-state index is 0.163. The summed E-state index contributed by atoms with van der Waals surface area (Å²) in [5.41, 5.74) is 0.943. The number of carbonyl (C=O) groups is 1. The van der Waals surface area contributed by atoms with E-state index in [9.17, 15) is 4.79 Å². The van der Waals surface area contributed by atoms with Gasteiger partial charge in [-0.1, -0.05) is 32.4 Å². The van der Waals surface area contributed by atoms with Crippen LogP contribution in [0.5, 0.6) is 0 Å². The molecular weight excluding hydrogens is 250 g/mol. The number of halogens is 1. The van der Waals surface area contributed by atoms with E-state index in [0.29, 0.717) is 24.0 Å². The van der Waals surface area contributed by atoms with Crippen LogP contribution in [0, 0.1) is 11.3 Å². The fraction of sp³-hybridized carbons (Fsp3) is 0.615. The van der Waals surface area contributed by atoms with Gasteiger partial charge < -0.3 is 4.90 Å². The first-order valence-corrected chi connectivity index (χ1v) is 6.50. The van der Waals surface area contributed by atoms with Crippen LogP contribution in [0.2, 0.25) is 5.15 Å². The van der Waals surface area contributed by atoms with Crippen LogP contribution in [0.3, 0.4) is 0 Å². The first-order valence-electron chi connectivity index (χ1n) is 6.12. The average Bonchev–Trinajstić information content (AvgIpc) is 2.63. The van der Waals surface area contributed by atoms with E-state index in [2.05, 4.69) is 31.0 Å². The van der Waals surface area contributed by atoms with Gasteiger partial charge in [0.1, 0.15) is 0 Å². The number of likely N-dealkylation sites (tertiary alicyclic amines) is 1. The second-order valence-corrected chi connectivity index (χ2v) is 6.28. The quantitative estimate of drug-likeness (QED) is 0.827. The van der Waals surface area contributed by atoms with Gasteiger partial charge in [0.15, 0.2) is 5.15 Å². The van der Waals surface area contributed by atoms with Crippen molar-refractivity contribution >= 4 is 17.5 Å². The maximum Gasteiger partial charge on any atom is 0.223 e. The van der Waals surface area contributed by atoms with E-state index in [0.717, 1.165) is 12.2 Å². The van der Waals surface area contributed by atoms with Gasteiger partial charge in [0, 0.05) is 13.0 Å². The normalized spacial score (nSPS) is 20.6. The molecule has 1 aromatic heterocycles. The number of hydrogen-bond donors (Lipinski definition) is 0. The van der Waals surface area contributed by atoms with Gasteiger partial charge in [0.05, 0.1) is 12.2 Å². The predicted molar refractivity (Wildman–Crippen MR) is 70.0 cm³/mol. The molecule has 0 radical (unpaired) electrons. The number of amides is 1. The van der Waals surface area contributed by atoms with E-state index in [1.165, 1.54) is 0 Å². The molecule has 1 amide bonds. The maximum absolute atomic E-state index is 12.0. The van der Waals surface area contributed by atoms with Crippen molar-refractivity contribution in [2.75, 3.05) is 6.54 Å². The highest BCUT2D eigenvalue weighted by molar-refractivity contribution is 6.29. The Morgan fingerprint density at radius 3 is 2.61 bits per heavy atom. The molecule has 2 rings (SSSR count). The highest BCUT2D eigenvalue weighted by atomic mass is 35.5. The highest BCUT2D eigenvalue weighted by Gasteiger charge is 2.36. The zero-order chi connectivity index (χ0) is 13.3.